The molecule has 2 fully saturated rings. The molecule has 2 aliphatic rings. The number of hydrogen-bond acceptors (Lipinski definition) is 3. The maximum atomic E-state index is 14.2. The molecule has 4 nitrogen and oxygen atoms in total. The van der Waals surface area contributed by atoms with Crippen LogP contribution in [0.5, 0.6) is 5.75 Å². The lowest BCUT2D eigenvalue weighted by atomic mass is 9.84. The lowest BCUT2D eigenvalue weighted by Gasteiger charge is -2.37. The van der Waals surface area contributed by atoms with E-state index in [4.69, 9.17) is 10.5 Å². The van der Waals surface area contributed by atoms with Crippen molar-refractivity contribution in [3.63, 3.8) is 0 Å². The average Bonchev–Trinajstić information content (AvgIpc) is 3.27. The Balaban J connectivity index is 1.81. The van der Waals surface area contributed by atoms with Gasteiger partial charge in [0.1, 0.15) is 17.4 Å². The molecule has 120 valence electrons. The van der Waals surface area contributed by atoms with Gasteiger partial charge in [0.05, 0.1) is 7.11 Å². The van der Waals surface area contributed by atoms with E-state index in [1.165, 1.54) is 7.11 Å². The molecule has 1 aromatic rings. The van der Waals surface area contributed by atoms with E-state index in [0.29, 0.717) is 19.0 Å². The average molecular weight is 310 g/mol. The summed E-state index contributed by atoms with van der Waals surface area (Å²) in [5.41, 5.74) is 6.01. The van der Waals surface area contributed by atoms with Crippen LogP contribution in [0.2, 0.25) is 0 Å². The van der Waals surface area contributed by atoms with Crippen molar-refractivity contribution in [2.24, 2.45) is 11.7 Å². The van der Waals surface area contributed by atoms with Gasteiger partial charge in [0.15, 0.2) is 0 Å². The van der Waals surface area contributed by atoms with E-state index >= 15 is 0 Å². The Morgan fingerprint density at radius 1 is 1.32 bits per heavy atom. The Hall–Kier alpha value is -1.69. The van der Waals surface area contributed by atoms with Gasteiger partial charge in [-0.2, -0.15) is 0 Å². The maximum Gasteiger partial charge on any atom is 0.223 e. The van der Waals surface area contributed by atoms with Gasteiger partial charge in [0, 0.05) is 49.2 Å². The number of carbonyl (C=O) groups excluding carboxylic acids is 1. The van der Waals surface area contributed by atoms with Gasteiger partial charge in [0.2, 0.25) is 5.91 Å². The van der Waals surface area contributed by atoms with E-state index in [1.54, 1.807) is 4.90 Å². The molecule has 1 amide bonds. The minimum Gasteiger partial charge on any atom is -0.497 e. The van der Waals surface area contributed by atoms with Crippen LogP contribution in [0, 0.1) is 17.6 Å². The number of nitrogens with zero attached hydrogens (tertiary/aromatic N) is 1. The highest BCUT2D eigenvalue weighted by atomic mass is 19.1. The quantitative estimate of drug-likeness (QED) is 0.926. The molecule has 0 aromatic heterocycles. The Morgan fingerprint density at radius 3 is 2.50 bits per heavy atom. The highest BCUT2D eigenvalue weighted by molar-refractivity contribution is 5.78. The summed E-state index contributed by atoms with van der Waals surface area (Å²) in [6.45, 7) is 1.07. The third-order valence-electron chi connectivity index (χ3n) is 4.53. The van der Waals surface area contributed by atoms with Crippen molar-refractivity contribution in [2.45, 2.75) is 31.2 Å². The number of hydrogen-bond donors (Lipinski definition) is 1. The number of piperidine rings is 1. The summed E-state index contributed by atoms with van der Waals surface area (Å²) in [6.07, 6.45) is 2.34. The molecule has 0 bridgehead atoms. The van der Waals surface area contributed by atoms with Crippen LogP contribution < -0.4 is 10.5 Å². The van der Waals surface area contributed by atoms with Crippen molar-refractivity contribution < 1.29 is 18.3 Å². The Morgan fingerprint density at radius 2 is 1.95 bits per heavy atom. The first-order valence-electron chi connectivity index (χ1n) is 7.56. The Kier molecular flexibility index (Phi) is 4.04. The van der Waals surface area contributed by atoms with Crippen LogP contribution >= 0.6 is 0 Å². The fourth-order valence-corrected chi connectivity index (χ4v) is 3.09. The van der Waals surface area contributed by atoms with Gasteiger partial charge in [-0.1, -0.05) is 0 Å². The minimum atomic E-state index is -0.708. The van der Waals surface area contributed by atoms with Crippen LogP contribution in [0.3, 0.4) is 0 Å². The van der Waals surface area contributed by atoms with Gasteiger partial charge in [-0.05, 0) is 18.8 Å². The van der Waals surface area contributed by atoms with Crippen LogP contribution in [0.1, 0.15) is 30.7 Å². The summed E-state index contributed by atoms with van der Waals surface area (Å²) in [6, 6.07) is 1.80. The minimum absolute atomic E-state index is 0.0497. The van der Waals surface area contributed by atoms with Crippen molar-refractivity contribution in [3.8, 4) is 5.75 Å². The van der Waals surface area contributed by atoms with Crippen LogP contribution in [-0.2, 0) is 4.79 Å². The van der Waals surface area contributed by atoms with E-state index in [1.807, 2.05) is 0 Å². The third-order valence-corrected chi connectivity index (χ3v) is 4.53. The lowest BCUT2D eigenvalue weighted by Crippen LogP contribution is -2.51. The smallest absolute Gasteiger partial charge is 0.223 e. The van der Waals surface area contributed by atoms with Gasteiger partial charge >= 0.3 is 0 Å². The van der Waals surface area contributed by atoms with E-state index in [2.05, 4.69) is 0 Å². The van der Waals surface area contributed by atoms with Gasteiger partial charge in [-0.25, -0.2) is 8.78 Å². The van der Waals surface area contributed by atoms with Crippen LogP contribution in [-0.4, -0.2) is 37.0 Å². The predicted octanol–water partition coefficient (Wildman–Crippen LogP) is 2.03. The summed E-state index contributed by atoms with van der Waals surface area (Å²) in [4.78, 5) is 14.0. The number of carbonyl (C=O) groups is 1. The van der Waals surface area contributed by atoms with E-state index in [9.17, 15) is 13.6 Å². The summed E-state index contributed by atoms with van der Waals surface area (Å²) in [5.74, 6) is -1.43. The van der Waals surface area contributed by atoms with E-state index in [-0.39, 0.29) is 23.6 Å². The lowest BCUT2D eigenvalue weighted by molar-refractivity contribution is -0.134. The Labute approximate surface area is 128 Å². The molecular formula is C16H20F2N2O2. The topological polar surface area (TPSA) is 55.6 Å². The zero-order valence-corrected chi connectivity index (χ0v) is 12.5. The molecule has 2 atom stereocenters. The van der Waals surface area contributed by atoms with Crippen LogP contribution in [0.15, 0.2) is 12.1 Å². The predicted molar refractivity (Wildman–Crippen MR) is 77.5 cm³/mol. The molecule has 1 saturated carbocycles. The van der Waals surface area contributed by atoms with Crippen molar-refractivity contribution in [1.82, 2.24) is 4.90 Å². The van der Waals surface area contributed by atoms with Gasteiger partial charge in [-0.3, -0.25) is 4.79 Å². The summed E-state index contributed by atoms with van der Waals surface area (Å²) < 4.78 is 33.2. The zero-order valence-electron chi connectivity index (χ0n) is 12.5. The molecule has 6 heteroatoms. The second-order valence-electron chi connectivity index (χ2n) is 6.22. The van der Waals surface area contributed by atoms with Crippen LogP contribution in [0.4, 0.5) is 8.78 Å². The second-order valence-corrected chi connectivity index (χ2v) is 6.22. The zero-order chi connectivity index (χ0) is 15.9. The molecule has 0 radical (unpaired) electrons. The molecule has 2 N–H and O–H groups in total. The first kappa shape index (κ1) is 15.2. The van der Waals surface area contributed by atoms with Crippen molar-refractivity contribution in [3.05, 3.63) is 29.3 Å². The normalized spacial score (nSPS) is 25.5. The highest BCUT2D eigenvalue weighted by Crippen LogP contribution is 2.36. The molecule has 1 saturated heterocycles. The number of benzene rings is 1. The molecule has 1 heterocycles. The molecule has 22 heavy (non-hydrogen) atoms. The fourth-order valence-electron chi connectivity index (χ4n) is 3.09. The number of halogens is 2. The van der Waals surface area contributed by atoms with Crippen molar-refractivity contribution in [2.75, 3.05) is 20.2 Å². The van der Waals surface area contributed by atoms with Crippen molar-refractivity contribution in [1.29, 1.82) is 0 Å². The molecule has 2 unspecified atom stereocenters. The third kappa shape index (κ3) is 2.92. The van der Waals surface area contributed by atoms with Gasteiger partial charge < -0.3 is 15.4 Å². The van der Waals surface area contributed by atoms with Crippen LogP contribution in [0.25, 0.3) is 0 Å². The molecular weight excluding hydrogens is 290 g/mol. The molecule has 1 aliphatic carbocycles. The first-order valence-corrected chi connectivity index (χ1v) is 7.56. The molecule has 3 rings (SSSR count). The number of rotatable bonds is 4. The maximum absolute atomic E-state index is 14.2. The van der Waals surface area contributed by atoms with E-state index in [0.717, 1.165) is 25.0 Å². The second kappa shape index (κ2) is 5.83. The summed E-state index contributed by atoms with van der Waals surface area (Å²) >= 11 is 0. The van der Waals surface area contributed by atoms with Gasteiger partial charge in [-0.15, -0.1) is 0 Å². The number of ether oxygens (including phenoxy) is 1. The first-order chi connectivity index (χ1) is 10.5. The largest absolute Gasteiger partial charge is 0.497 e. The fraction of sp³-hybridized carbons (Fsp3) is 0.562. The monoisotopic (exact) mass is 310 g/mol. The molecule has 1 aromatic carbocycles. The number of nitrogens with two attached hydrogens (primary N) is 1. The summed E-state index contributed by atoms with van der Waals surface area (Å²) in [5, 5.41) is 0. The molecule has 1 aliphatic heterocycles. The number of methoxy groups -OCH3 is 1. The van der Waals surface area contributed by atoms with Crippen molar-refractivity contribution >= 4 is 5.91 Å². The number of likely N-dealkylation sites (tertiary alicyclic amines) is 1. The Bertz CT molecular complexity index is 567. The standard InChI is InChI=1S/C16H20F2N2O2/c1-22-10-4-12(17)16(13(18)5-10)11-6-15(21)20(8-14(11)19)7-9-2-3-9/h4-5,9,11,14H,2-3,6-8,19H2,1H3. The molecule has 0 spiro atoms. The van der Waals surface area contributed by atoms with E-state index < -0.39 is 23.6 Å². The van der Waals surface area contributed by atoms with Gasteiger partial charge in [0.25, 0.3) is 0 Å². The highest BCUT2D eigenvalue weighted by Gasteiger charge is 2.38. The SMILES string of the molecule is COc1cc(F)c(C2CC(=O)N(CC3CC3)CC2N)c(F)c1. The number of amides is 1. The summed E-state index contributed by atoms with van der Waals surface area (Å²) in [7, 11) is 1.35.